The molecule has 0 saturated heterocycles. The molecule has 0 saturated carbocycles. The number of hydrogen-bond acceptors (Lipinski definition) is 6. The largest absolute Gasteiger partial charge is 0.285 e. The van der Waals surface area contributed by atoms with Crippen molar-refractivity contribution in [3.05, 3.63) is 0 Å². The first-order chi connectivity index (χ1) is 7.47. The molecule has 90 valence electrons. The van der Waals surface area contributed by atoms with Crippen molar-refractivity contribution in [2.24, 2.45) is 9.98 Å². The Hall–Kier alpha value is -1.33. The SMILES string of the molecule is CCC(N=C=O)C(CCN=C=O)S(=O)(=O)O. The van der Waals surface area contributed by atoms with Crippen LogP contribution < -0.4 is 0 Å². The Morgan fingerprint density at radius 3 is 2.31 bits per heavy atom. The highest BCUT2D eigenvalue weighted by Crippen LogP contribution is 2.15. The van der Waals surface area contributed by atoms with Gasteiger partial charge in [-0.1, -0.05) is 6.92 Å². The molecule has 8 heteroatoms. The molecule has 2 atom stereocenters. The van der Waals surface area contributed by atoms with Crippen LogP contribution in [0.25, 0.3) is 0 Å². The van der Waals surface area contributed by atoms with Crippen LogP contribution in [0, 0.1) is 0 Å². The van der Waals surface area contributed by atoms with E-state index in [0.717, 1.165) is 0 Å². The summed E-state index contributed by atoms with van der Waals surface area (Å²) in [7, 11) is -4.34. The second kappa shape index (κ2) is 7.03. The summed E-state index contributed by atoms with van der Waals surface area (Å²) in [6.45, 7) is 1.52. The molecule has 0 bridgehead atoms. The first kappa shape index (κ1) is 14.7. The average molecular weight is 248 g/mol. The minimum absolute atomic E-state index is 0.0984. The third-order valence-corrected chi connectivity index (χ3v) is 3.35. The molecule has 0 aromatic rings. The second-order valence-electron chi connectivity index (χ2n) is 3.01. The summed E-state index contributed by atoms with van der Waals surface area (Å²) in [4.78, 5) is 26.4. The first-order valence-electron chi connectivity index (χ1n) is 4.54. The lowest BCUT2D eigenvalue weighted by Crippen LogP contribution is -2.33. The minimum atomic E-state index is -4.34. The summed E-state index contributed by atoms with van der Waals surface area (Å²) in [5.41, 5.74) is 0. The lowest BCUT2D eigenvalue weighted by molar-refractivity contribution is 0.440. The summed E-state index contributed by atoms with van der Waals surface area (Å²) in [6.07, 6.45) is 2.66. The molecule has 0 aromatic heterocycles. The van der Waals surface area contributed by atoms with Gasteiger partial charge in [-0.25, -0.2) is 19.6 Å². The Bertz CT molecular complexity index is 406. The van der Waals surface area contributed by atoms with E-state index in [4.69, 9.17) is 4.55 Å². The zero-order chi connectivity index (χ0) is 12.6. The van der Waals surface area contributed by atoms with Crippen LogP contribution in [0.15, 0.2) is 9.98 Å². The third kappa shape index (κ3) is 4.95. The quantitative estimate of drug-likeness (QED) is 0.389. The van der Waals surface area contributed by atoms with Gasteiger partial charge in [0.25, 0.3) is 10.1 Å². The van der Waals surface area contributed by atoms with Crippen molar-refractivity contribution in [3.63, 3.8) is 0 Å². The van der Waals surface area contributed by atoms with Crippen LogP contribution in [0.1, 0.15) is 19.8 Å². The Labute approximate surface area is 93.0 Å². The third-order valence-electron chi connectivity index (χ3n) is 2.04. The van der Waals surface area contributed by atoms with Gasteiger partial charge in [-0.05, 0) is 12.8 Å². The molecule has 0 heterocycles. The predicted octanol–water partition coefficient (Wildman–Crippen LogP) is 0.0831. The lowest BCUT2D eigenvalue weighted by Gasteiger charge is -2.17. The van der Waals surface area contributed by atoms with Gasteiger partial charge in [0.05, 0.1) is 12.6 Å². The highest BCUT2D eigenvalue weighted by atomic mass is 32.2. The summed E-state index contributed by atoms with van der Waals surface area (Å²) < 4.78 is 31.0. The van der Waals surface area contributed by atoms with Gasteiger partial charge >= 0.3 is 0 Å². The van der Waals surface area contributed by atoms with Crippen LogP contribution in [-0.4, -0.2) is 43.0 Å². The zero-order valence-corrected chi connectivity index (χ0v) is 9.48. The molecule has 0 aromatic carbocycles. The number of isocyanates is 2. The molecule has 16 heavy (non-hydrogen) atoms. The Balaban J connectivity index is 4.91. The molecule has 2 unspecified atom stereocenters. The van der Waals surface area contributed by atoms with E-state index in [1.54, 1.807) is 6.92 Å². The van der Waals surface area contributed by atoms with Crippen LogP contribution in [0.3, 0.4) is 0 Å². The molecular formula is C8H12N2O5S. The fourth-order valence-electron chi connectivity index (χ4n) is 1.28. The average Bonchev–Trinajstić information content (AvgIpc) is 2.20. The van der Waals surface area contributed by atoms with Crippen molar-refractivity contribution in [2.45, 2.75) is 31.1 Å². The monoisotopic (exact) mass is 248 g/mol. The van der Waals surface area contributed by atoms with Crippen molar-refractivity contribution in [1.29, 1.82) is 0 Å². The molecule has 0 radical (unpaired) electrons. The minimum Gasteiger partial charge on any atom is -0.285 e. The molecule has 0 spiro atoms. The molecule has 0 rings (SSSR count). The summed E-state index contributed by atoms with van der Waals surface area (Å²) >= 11 is 0. The Morgan fingerprint density at radius 2 is 1.94 bits per heavy atom. The van der Waals surface area contributed by atoms with Crippen LogP contribution in [-0.2, 0) is 19.7 Å². The molecule has 0 aliphatic heterocycles. The fourth-order valence-corrected chi connectivity index (χ4v) is 2.34. The topological polar surface area (TPSA) is 113 Å². The van der Waals surface area contributed by atoms with Gasteiger partial charge < -0.3 is 0 Å². The normalized spacial score (nSPS) is 14.4. The van der Waals surface area contributed by atoms with Gasteiger partial charge in [-0.15, -0.1) is 0 Å². The smallest absolute Gasteiger partial charge is 0.269 e. The van der Waals surface area contributed by atoms with Gasteiger partial charge in [0, 0.05) is 0 Å². The number of rotatable bonds is 7. The van der Waals surface area contributed by atoms with Gasteiger partial charge in [-0.3, -0.25) is 4.55 Å². The lowest BCUT2D eigenvalue weighted by atomic mass is 10.1. The zero-order valence-electron chi connectivity index (χ0n) is 8.66. The Morgan fingerprint density at radius 1 is 1.31 bits per heavy atom. The van der Waals surface area contributed by atoms with Crippen LogP contribution in [0.5, 0.6) is 0 Å². The first-order valence-corrected chi connectivity index (χ1v) is 6.04. The van der Waals surface area contributed by atoms with Crippen molar-refractivity contribution in [1.82, 2.24) is 0 Å². The van der Waals surface area contributed by atoms with Gasteiger partial charge in [0.2, 0.25) is 12.2 Å². The molecule has 0 aliphatic rings. The molecular weight excluding hydrogens is 236 g/mol. The molecule has 7 nitrogen and oxygen atoms in total. The summed E-state index contributed by atoms with van der Waals surface area (Å²) in [5, 5.41) is -1.25. The van der Waals surface area contributed by atoms with Crippen LogP contribution in [0.4, 0.5) is 0 Å². The maximum absolute atomic E-state index is 11.0. The van der Waals surface area contributed by atoms with E-state index in [1.807, 2.05) is 0 Å². The number of hydrogen-bond donors (Lipinski definition) is 1. The van der Waals surface area contributed by atoms with E-state index >= 15 is 0 Å². The highest BCUT2D eigenvalue weighted by molar-refractivity contribution is 7.86. The van der Waals surface area contributed by atoms with Crippen molar-refractivity contribution >= 4 is 22.3 Å². The van der Waals surface area contributed by atoms with E-state index in [-0.39, 0.29) is 19.4 Å². The van der Waals surface area contributed by atoms with E-state index in [2.05, 4.69) is 9.98 Å². The molecule has 0 aliphatic carbocycles. The maximum atomic E-state index is 11.0. The summed E-state index contributed by atoms with van der Waals surface area (Å²) in [6, 6.07) is -0.880. The number of aliphatic imine (C=N–C) groups is 2. The van der Waals surface area contributed by atoms with E-state index in [1.165, 1.54) is 12.2 Å². The maximum Gasteiger partial charge on any atom is 0.269 e. The second-order valence-corrected chi connectivity index (χ2v) is 4.65. The van der Waals surface area contributed by atoms with Crippen molar-refractivity contribution in [3.8, 4) is 0 Å². The summed E-state index contributed by atoms with van der Waals surface area (Å²) in [5.74, 6) is 0. The standard InChI is InChI=1S/C8H12N2O5S/c1-2-7(10-6-12)8(16(13,14)15)3-4-9-5-11/h7-8H,2-4H2,1H3,(H,13,14,15). The molecule has 0 amide bonds. The Kier molecular flexibility index (Phi) is 6.44. The van der Waals surface area contributed by atoms with Crippen LogP contribution in [0.2, 0.25) is 0 Å². The van der Waals surface area contributed by atoms with Crippen molar-refractivity contribution in [2.75, 3.05) is 6.54 Å². The van der Waals surface area contributed by atoms with Crippen LogP contribution >= 0.6 is 0 Å². The van der Waals surface area contributed by atoms with E-state index in [0.29, 0.717) is 0 Å². The fraction of sp³-hybridized carbons (Fsp3) is 0.750. The van der Waals surface area contributed by atoms with Gasteiger partial charge in [0.15, 0.2) is 0 Å². The van der Waals surface area contributed by atoms with E-state index < -0.39 is 21.4 Å². The van der Waals surface area contributed by atoms with Crippen molar-refractivity contribution < 1.29 is 22.6 Å². The molecule has 1 N–H and O–H groups in total. The van der Waals surface area contributed by atoms with E-state index in [9.17, 15) is 18.0 Å². The number of nitrogens with zero attached hydrogens (tertiary/aromatic N) is 2. The molecule has 0 fully saturated rings. The predicted molar refractivity (Wildman–Crippen MR) is 55.1 cm³/mol. The number of carbonyl (C=O) groups excluding carboxylic acids is 2. The highest BCUT2D eigenvalue weighted by Gasteiger charge is 2.30. The van der Waals surface area contributed by atoms with Gasteiger partial charge in [-0.2, -0.15) is 8.42 Å². The van der Waals surface area contributed by atoms with Gasteiger partial charge in [0.1, 0.15) is 5.25 Å².